The Labute approximate surface area is 140 Å². The maximum absolute atomic E-state index is 12.1. The van der Waals surface area contributed by atoms with E-state index < -0.39 is 22.3 Å². The van der Waals surface area contributed by atoms with Gasteiger partial charge in [0.15, 0.2) is 0 Å². The molecule has 22 heavy (non-hydrogen) atoms. The zero-order valence-electron chi connectivity index (χ0n) is 12.0. The Morgan fingerprint density at radius 2 is 1.91 bits per heavy atom. The summed E-state index contributed by atoms with van der Waals surface area (Å²) in [6.07, 6.45) is 2.44. The Morgan fingerprint density at radius 1 is 1.27 bits per heavy atom. The topological polar surface area (TPSA) is 83.5 Å². The summed E-state index contributed by atoms with van der Waals surface area (Å²) in [7, 11) is -1.14. The highest BCUT2D eigenvalue weighted by Gasteiger charge is 2.45. The molecule has 2 rings (SSSR count). The van der Waals surface area contributed by atoms with Crippen molar-refractivity contribution in [2.24, 2.45) is 0 Å². The second-order valence-electron chi connectivity index (χ2n) is 5.40. The second-order valence-corrected chi connectivity index (χ2v) is 7.88. The first-order chi connectivity index (χ1) is 10.4. The minimum absolute atomic E-state index is 0.192. The summed E-state index contributed by atoms with van der Waals surface area (Å²) in [6.45, 7) is 0. The van der Waals surface area contributed by atoms with Crippen molar-refractivity contribution >= 4 is 38.6 Å². The molecule has 1 fully saturated rings. The fourth-order valence-electron chi connectivity index (χ4n) is 2.32. The van der Waals surface area contributed by atoms with E-state index in [1.165, 1.54) is 0 Å². The predicted molar refractivity (Wildman–Crippen MR) is 87.0 cm³/mol. The van der Waals surface area contributed by atoms with Gasteiger partial charge in [0.25, 0.3) is 0 Å². The first kappa shape index (κ1) is 17.1. The highest BCUT2D eigenvalue weighted by Crippen LogP contribution is 2.32. The summed E-state index contributed by atoms with van der Waals surface area (Å²) < 4.78 is 13.0. The van der Waals surface area contributed by atoms with Gasteiger partial charge >= 0.3 is 5.97 Å². The first-order valence-corrected chi connectivity index (χ1v) is 9.22. The molecular weight excluding hydrogens is 370 g/mol. The molecule has 7 heteroatoms. The highest BCUT2D eigenvalue weighted by molar-refractivity contribution is 9.10. The molecule has 0 bridgehead atoms. The zero-order chi connectivity index (χ0) is 16.2. The molecule has 1 atom stereocenters. The van der Waals surface area contributed by atoms with Crippen LogP contribution in [0.1, 0.15) is 32.1 Å². The molecule has 0 heterocycles. The molecule has 1 aromatic carbocycles. The molecule has 5 nitrogen and oxygen atoms in total. The van der Waals surface area contributed by atoms with Gasteiger partial charge in [-0.05, 0) is 49.9 Å². The molecule has 2 N–H and O–H groups in total. The molecule has 1 aromatic rings. The molecular formula is C15H18BrNO4S. The van der Waals surface area contributed by atoms with Crippen molar-refractivity contribution in [3.05, 3.63) is 28.7 Å². The van der Waals surface area contributed by atoms with Crippen LogP contribution in [-0.4, -0.2) is 32.5 Å². The Bertz CT molecular complexity index is 584. The van der Waals surface area contributed by atoms with Crippen LogP contribution in [0.25, 0.3) is 0 Å². The van der Waals surface area contributed by atoms with Gasteiger partial charge in [-0.15, -0.1) is 0 Å². The average molecular weight is 388 g/mol. The normalized spacial score (nSPS) is 17.3. The molecule has 1 unspecified atom stereocenters. The van der Waals surface area contributed by atoms with Gasteiger partial charge in [0.1, 0.15) is 5.54 Å². The van der Waals surface area contributed by atoms with Crippen molar-refractivity contribution in [2.75, 3.05) is 5.75 Å². The fraction of sp³-hybridized carbons (Fsp3) is 0.467. The Balaban J connectivity index is 1.76. The van der Waals surface area contributed by atoms with E-state index in [0.29, 0.717) is 25.0 Å². The number of nitrogens with one attached hydrogen (secondary N) is 1. The number of carbonyl (C=O) groups is 2. The summed E-state index contributed by atoms with van der Waals surface area (Å²) in [5.74, 6) is -0.866. The summed E-state index contributed by atoms with van der Waals surface area (Å²) in [5.41, 5.74) is -1.07. The van der Waals surface area contributed by atoms with E-state index in [1.54, 1.807) is 12.1 Å². The van der Waals surface area contributed by atoms with Crippen molar-refractivity contribution in [3.63, 3.8) is 0 Å². The van der Waals surface area contributed by atoms with Gasteiger partial charge in [-0.1, -0.05) is 15.9 Å². The number of carbonyl (C=O) groups excluding carboxylic acids is 1. The van der Waals surface area contributed by atoms with Crippen LogP contribution in [0.5, 0.6) is 0 Å². The maximum Gasteiger partial charge on any atom is 0.329 e. The third-order valence-electron chi connectivity index (χ3n) is 3.81. The van der Waals surface area contributed by atoms with Gasteiger partial charge in [-0.2, -0.15) is 0 Å². The number of hydrogen-bond donors (Lipinski definition) is 2. The van der Waals surface area contributed by atoms with Crippen LogP contribution in [0, 0.1) is 0 Å². The van der Waals surface area contributed by atoms with Crippen LogP contribution < -0.4 is 5.32 Å². The molecule has 0 aliphatic heterocycles. The number of carboxylic acids is 1. The molecule has 1 aliphatic carbocycles. The van der Waals surface area contributed by atoms with Crippen LogP contribution in [-0.2, 0) is 20.4 Å². The summed E-state index contributed by atoms with van der Waals surface area (Å²) >= 11 is 3.32. The van der Waals surface area contributed by atoms with Crippen LogP contribution in [0.3, 0.4) is 0 Å². The van der Waals surface area contributed by atoms with Gasteiger partial charge in [0.2, 0.25) is 5.91 Å². The van der Waals surface area contributed by atoms with Crippen LogP contribution in [0.4, 0.5) is 0 Å². The number of amides is 1. The van der Waals surface area contributed by atoms with Crippen LogP contribution in [0.2, 0.25) is 0 Å². The lowest BCUT2D eigenvalue weighted by Gasteiger charge is -2.38. The molecule has 0 aromatic heterocycles. The standard InChI is InChI=1S/C15H18BrNO4S/c16-11-4-6-12(7-5-11)22(21)10-1-3-13(18)17-15(14(19)20)8-2-9-15/h4-7H,1-3,8-10H2,(H,17,18)(H,19,20). The molecule has 1 saturated carbocycles. The summed E-state index contributed by atoms with van der Waals surface area (Å²) in [5, 5.41) is 11.8. The van der Waals surface area contributed by atoms with E-state index in [0.717, 1.165) is 15.8 Å². The minimum Gasteiger partial charge on any atom is -0.480 e. The lowest BCUT2D eigenvalue weighted by atomic mass is 9.76. The highest BCUT2D eigenvalue weighted by atomic mass is 79.9. The monoisotopic (exact) mass is 387 g/mol. The first-order valence-electron chi connectivity index (χ1n) is 7.11. The maximum atomic E-state index is 12.1. The Kier molecular flexibility index (Phi) is 5.74. The largest absolute Gasteiger partial charge is 0.480 e. The van der Waals surface area contributed by atoms with Crippen molar-refractivity contribution in [3.8, 4) is 0 Å². The van der Waals surface area contributed by atoms with E-state index in [4.69, 9.17) is 5.11 Å². The van der Waals surface area contributed by atoms with Crippen molar-refractivity contribution < 1.29 is 18.9 Å². The van der Waals surface area contributed by atoms with Crippen molar-refractivity contribution in [1.29, 1.82) is 0 Å². The van der Waals surface area contributed by atoms with E-state index in [9.17, 15) is 13.8 Å². The van der Waals surface area contributed by atoms with Gasteiger partial charge in [-0.25, -0.2) is 4.79 Å². The van der Waals surface area contributed by atoms with E-state index in [2.05, 4.69) is 21.2 Å². The lowest BCUT2D eigenvalue weighted by molar-refractivity contribution is -0.151. The molecule has 120 valence electrons. The Hall–Kier alpha value is -1.21. The molecule has 0 radical (unpaired) electrons. The average Bonchev–Trinajstić information content (AvgIpc) is 2.43. The van der Waals surface area contributed by atoms with Crippen LogP contribution >= 0.6 is 15.9 Å². The third-order valence-corrected chi connectivity index (χ3v) is 5.79. The molecule has 0 saturated heterocycles. The molecule has 1 aliphatic rings. The van der Waals surface area contributed by atoms with E-state index in [1.807, 2.05) is 12.1 Å². The predicted octanol–water partition coefficient (Wildman–Crippen LogP) is 2.46. The van der Waals surface area contributed by atoms with Crippen LogP contribution in [0.15, 0.2) is 33.6 Å². The molecule has 0 spiro atoms. The minimum atomic E-state index is -1.14. The van der Waals surface area contributed by atoms with E-state index in [-0.39, 0.29) is 12.3 Å². The van der Waals surface area contributed by atoms with E-state index >= 15 is 0 Å². The summed E-state index contributed by atoms with van der Waals surface area (Å²) in [4.78, 5) is 23.7. The number of hydrogen-bond acceptors (Lipinski definition) is 3. The van der Waals surface area contributed by atoms with Gasteiger partial charge in [-0.3, -0.25) is 9.00 Å². The second kappa shape index (κ2) is 7.37. The Morgan fingerprint density at radius 3 is 2.41 bits per heavy atom. The SMILES string of the molecule is O=C(CCCS(=O)c1ccc(Br)cc1)NC1(C(=O)O)CCC1. The number of rotatable bonds is 7. The quantitative estimate of drug-likeness (QED) is 0.752. The summed E-state index contributed by atoms with van der Waals surface area (Å²) in [6, 6.07) is 7.22. The zero-order valence-corrected chi connectivity index (χ0v) is 14.4. The fourth-order valence-corrected chi connectivity index (χ4v) is 3.67. The van der Waals surface area contributed by atoms with Gasteiger partial charge < -0.3 is 10.4 Å². The van der Waals surface area contributed by atoms with Gasteiger partial charge in [0, 0.05) is 21.5 Å². The number of carboxylic acid groups (broad SMARTS) is 1. The van der Waals surface area contributed by atoms with Gasteiger partial charge in [0.05, 0.1) is 10.8 Å². The third kappa shape index (κ3) is 4.16. The number of halogens is 1. The smallest absolute Gasteiger partial charge is 0.329 e. The number of benzene rings is 1. The number of aliphatic carboxylic acids is 1. The molecule has 1 amide bonds. The van der Waals surface area contributed by atoms with Crippen molar-refractivity contribution in [1.82, 2.24) is 5.32 Å². The van der Waals surface area contributed by atoms with Crippen molar-refractivity contribution in [2.45, 2.75) is 42.5 Å². The lowest BCUT2D eigenvalue weighted by Crippen LogP contribution is -2.59.